The number of aromatic nitrogens is 2. The lowest BCUT2D eigenvalue weighted by atomic mass is 10.2. The summed E-state index contributed by atoms with van der Waals surface area (Å²) in [5.74, 6) is -0.0364. The zero-order valence-corrected chi connectivity index (χ0v) is 15.9. The second-order valence-corrected chi connectivity index (χ2v) is 7.31. The van der Waals surface area contributed by atoms with E-state index in [4.69, 9.17) is 11.6 Å². The van der Waals surface area contributed by atoms with E-state index in [1.54, 1.807) is 24.4 Å². The fraction of sp³-hybridized carbons (Fsp3) is 0.278. The van der Waals surface area contributed by atoms with Crippen LogP contribution in [0, 0.1) is 0 Å². The van der Waals surface area contributed by atoms with Crippen LogP contribution >= 0.6 is 22.9 Å². The average molecular weight is 392 g/mol. The van der Waals surface area contributed by atoms with Crippen molar-refractivity contribution in [2.45, 2.75) is 20.0 Å². The molecule has 6 nitrogen and oxygen atoms in total. The van der Waals surface area contributed by atoms with E-state index in [-0.39, 0.29) is 11.5 Å². The molecule has 0 bridgehead atoms. The number of hydrogen-bond donors (Lipinski definition) is 2. The average Bonchev–Trinajstić information content (AvgIpc) is 3.10. The summed E-state index contributed by atoms with van der Waals surface area (Å²) in [6.45, 7) is 4.11. The Balaban J connectivity index is 1.58. The van der Waals surface area contributed by atoms with E-state index in [0.29, 0.717) is 35.3 Å². The number of benzene rings is 1. The molecule has 0 aliphatic carbocycles. The molecule has 136 valence electrons. The molecule has 2 heterocycles. The van der Waals surface area contributed by atoms with Gasteiger partial charge >= 0.3 is 0 Å². The highest BCUT2D eigenvalue weighted by molar-refractivity contribution is 7.15. The van der Waals surface area contributed by atoms with Crippen molar-refractivity contribution in [2.75, 3.05) is 13.1 Å². The van der Waals surface area contributed by atoms with Gasteiger partial charge in [0, 0.05) is 29.2 Å². The van der Waals surface area contributed by atoms with Gasteiger partial charge in [0.15, 0.2) is 11.5 Å². The topological polar surface area (TPSA) is 67.9 Å². The van der Waals surface area contributed by atoms with Crippen LogP contribution in [0.2, 0.25) is 5.02 Å². The Morgan fingerprint density at radius 2 is 2.12 bits per heavy atom. The van der Waals surface area contributed by atoms with Crippen molar-refractivity contribution >= 4 is 33.8 Å². The van der Waals surface area contributed by atoms with Gasteiger partial charge in [0.25, 0.3) is 11.5 Å². The van der Waals surface area contributed by atoms with Crippen molar-refractivity contribution in [1.82, 2.24) is 14.7 Å². The van der Waals surface area contributed by atoms with Gasteiger partial charge in [-0.05, 0) is 24.6 Å². The summed E-state index contributed by atoms with van der Waals surface area (Å²) in [7, 11) is 0. The second-order valence-electron chi connectivity index (χ2n) is 6.00. The SMILES string of the molecule is CC[NH+](CC(=O)NCc1ccc(Cl)cc1)Cc1cc(=O)n2ccsc2n1. The maximum absolute atomic E-state index is 12.2. The van der Waals surface area contributed by atoms with Crippen LogP contribution in [0.4, 0.5) is 0 Å². The molecule has 0 aliphatic rings. The number of likely N-dealkylation sites (N-methyl/N-ethyl adjacent to an activating group) is 1. The Hall–Kier alpha value is -2.22. The first-order valence-corrected chi connectivity index (χ1v) is 9.61. The van der Waals surface area contributed by atoms with Gasteiger partial charge in [-0.3, -0.25) is 14.0 Å². The van der Waals surface area contributed by atoms with Crippen molar-refractivity contribution in [2.24, 2.45) is 0 Å². The number of thiazole rings is 1. The van der Waals surface area contributed by atoms with Gasteiger partial charge < -0.3 is 10.2 Å². The molecule has 1 aromatic carbocycles. The molecule has 1 amide bonds. The summed E-state index contributed by atoms with van der Waals surface area (Å²) in [4.78, 5) is 30.5. The number of fused-ring (bicyclic) bond motifs is 1. The Bertz CT molecular complexity index is 952. The molecular formula is C18H20ClN4O2S+. The number of quaternary nitrogens is 1. The van der Waals surface area contributed by atoms with Gasteiger partial charge in [0.2, 0.25) is 0 Å². The summed E-state index contributed by atoms with van der Waals surface area (Å²) in [6, 6.07) is 8.93. The standard InChI is InChI=1S/C18H19ClN4O2S/c1-2-22(11-15-9-17(25)23-7-8-26-18(23)21-15)12-16(24)20-10-13-3-5-14(19)6-4-13/h3-9H,2,10-12H2,1H3,(H,20,24)/p+1. The summed E-state index contributed by atoms with van der Waals surface area (Å²) < 4.78 is 1.53. The maximum Gasteiger partial charge on any atom is 0.275 e. The van der Waals surface area contributed by atoms with E-state index < -0.39 is 0 Å². The predicted octanol–water partition coefficient (Wildman–Crippen LogP) is 1.13. The van der Waals surface area contributed by atoms with Crippen LogP contribution in [0.25, 0.3) is 4.96 Å². The van der Waals surface area contributed by atoms with E-state index in [2.05, 4.69) is 10.3 Å². The van der Waals surface area contributed by atoms with E-state index in [1.807, 2.05) is 24.4 Å². The van der Waals surface area contributed by atoms with Crippen LogP contribution in [-0.2, 0) is 17.9 Å². The number of carbonyl (C=O) groups excluding carboxylic acids is 1. The van der Waals surface area contributed by atoms with Crippen LogP contribution in [0.15, 0.2) is 46.7 Å². The zero-order chi connectivity index (χ0) is 18.5. The third-order valence-electron chi connectivity index (χ3n) is 4.10. The lowest BCUT2D eigenvalue weighted by Gasteiger charge is -2.17. The predicted molar refractivity (Wildman–Crippen MR) is 103 cm³/mol. The second kappa shape index (κ2) is 8.44. The van der Waals surface area contributed by atoms with Gasteiger partial charge in [0.1, 0.15) is 12.2 Å². The first-order valence-electron chi connectivity index (χ1n) is 8.35. The molecule has 1 atom stereocenters. The molecule has 8 heteroatoms. The lowest BCUT2D eigenvalue weighted by Crippen LogP contribution is -3.11. The molecule has 26 heavy (non-hydrogen) atoms. The molecule has 0 radical (unpaired) electrons. The van der Waals surface area contributed by atoms with E-state index >= 15 is 0 Å². The summed E-state index contributed by atoms with van der Waals surface area (Å²) in [6.07, 6.45) is 1.72. The molecule has 2 aromatic heterocycles. The van der Waals surface area contributed by atoms with Crippen molar-refractivity contribution in [3.05, 3.63) is 68.5 Å². The Morgan fingerprint density at radius 3 is 2.85 bits per heavy atom. The number of hydrogen-bond acceptors (Lipinski definition) is 4. The minimum atomic E-state index is -0.0890. The number of carbonyl (C=O) groups is 1. The monoisotopic (exact) mass is 391 g/mol. The number of amides is 1. The van der Waals surface area contributed by atoms with E-state index in [0.717, 1.165) is 17.0 Å². The molecule has 2 N–H and O–H groups in total. The van der Waals surface area contributed by atoms with Gasteiger partial charge in [-0.2, -0.15) is 0 Å². The highest BCUT2D eigenvalue weighted by Crippen LogP contribution is 2.09. The van der Waals surface area contributed by atoms with Crippen LogP contribution < -0.4 is 15.8 Å². The largest absolute Gasteiger partial charge is 0.347 e. The molecule has 0 spiro atoms. The first kappa shape index (κ1) is 18.6. The zero-order valence-electron chi connectivity index (χ0n) is 14.4. The molecule has 0 fully saturated rings. The molecule has 3 aromatic rings. The third kappa shape index (κ3) is 4.69. The van der Waals surface area contributed by atoms with Crippen molar-refractivity contribution in [3.63, 3.8) is 0 Å². The lowest BCUT2D eigenvalue weighted by molar-refractivity contribution is -0.904. The highest BCUT2D eigenvalue weighted by atomic mass is 35.5. The fourth-order valence-electron chi connectivity index (χ4n) is 2.64. The first-order chi connectivity index (χ1) is 12.5. The smallest absolute Gasteiger partial charge is 0.275 e. The van der Waals surface area contributed by atoms with Gasteiger partial charge in [-0.25, -0.2) is 4.98 Å². The quantitative estimate of drug-likeness (QED) is 0.634. The minimum Gasteiger partial charge on any atom is -0.347 e. The Kier molecular flexibility index (Phi) is 6.03. The molecular weight excluding hydrogens is 372 g/mol. The van der Waals surface area contributed by atoms with E-state index in [9.17, 15) is 9.59 Å². The van der Waals surface area contributed by atoms with Gasteiger partial charge in [-0.15, -0.1) is 11.3 Å². The Morgan fingerprint density at radius 1 is 1.35 bits per heavy atom. The van der Waals surface area contributed by atoms with Crippen molar-refractivity contribution in [3.8, 4) is 0 Å². The number of halogens is 1. The van der Waals surface area contributed by atoms with Crippen molar-refractivity contribution < 1.29 is 9.69 Å². The van der Waals surface area contributed by atoms with Gasteiger partial charge in [0.05, 0.1) is 6.54 Å². The third-order valence-corrected chi connectivity index (χ3v) is 5.11. The molecule has 0 aliphatic heterocycles. The molecule has 3 rings (SSSR count). The van der Waals surface area contributed by atoms with Crippen molar-refractivity contribution in [1.29, 1.82) is 0 Å². The molecule has 0 saturated heterocycles. The van der Waals surface area contributed by atoms with Crippen LogP contribution in [0.3, 0.4) is 0 Å². The summed E-state index contributed by atoms with van der Waals surface area (Å²) in [5.41, 5.74) is 1.62. The van der Waals surface area contributed by atoms with E-state index in [1.165, 1.54) is 15.7 Å². The fourth-order valence-corrected chi connectivity index (χ4v) is 3.50. The van der Waals surface area contributed by atoms with Crippen LogP contribution in [-0.4, -0.2) is 28.4 Å². The number of rotatable bonds is 7. The molecule has 1 unspecified atom stereocenters. The number of nitrogens with one attached hydrogen (secondary N) is 2. The normalized spacial score (nSPS) is 12.2. The minimum absolute atomic E-state index is 0.0364. The summed E-state index contributed by atoms with van der Waals surface area (Å²) in [5, 5.41) is 5.43. The maximum atomic E-state index is 12.2. The Labute approximate surface area is 160 Å². The van der Waals surface area contributed by atoms with Gasteiger partial charge in [-0.1, -0.05) is 23.7 Å². The van der Waals surface area contributed by atoms with Crippen LogP contribution in [0.1, 0.15) is 18.2 Å². The van der Waals surface area contributed by atoms with Crippen LogP contribution in [0.5, 0.6) is 0 Å². The number of nitrogens with zero attached hydrogens (tertiary/aromatic N) is 2. The molecule has 0 saturated carbocycles. The summed E-state index contributed by atoms with van der Waals surface area (Å²) >= 11 is 7.28. The highest BCUT2D eigenvalue weighted by Gasteiger charge is 2.15.